The number of rotatable bonds is 7. The van der Waals surface area contributed by atoms with E-state index >= 15 is 4.39 Å². The van der Waals surface area contributed by atoms with Gasteiger partial charge in [-0.15, -0.1) is 0 Å². The van der Waals surface area contributed by atoms with E-state index in [1.165, 1.54) is 12.5 Å². The summed E-state index contributed by atoms with van der Waals surface area (Å²) in [5, 5.41) is 20.0. The van der Waals surface area contributed by atoms with Crippen LogP contribution in [0.2, 0.25) is 0 Å². The van der Waals surface area contributed by atoms with Gasteiger partial charge in [0.25, 0.3) is 11.7 Å². The quantitative estimate of drug-likeness (QED) is 0.632. The maximum atomic E-state index is 15.0. The minimum atomic E-state index is -1.43. The Hall–Kier alpha value is -2.68. The van der Waals surface area contributed by atoms with Gasteiger partial charge in [0.15, 0.2) is 0 Å². The second-order valence-electron chi connectivity index (χ2n) is 9.06. The van der Waals surface area contributed by atoms with E-state index in [4.69, 9.17) is 10.2 Å². The summed E-state index contributed by atoms with van der Waals surface area (Å²) in [5.74, 6) is -1.84. The molecule has 2 aliphatic carbocycles. The van der Waals surface area contributed by atoms with Crippen LogP contribution in [0.15, 0.2) is 21.7 Å². The smallest absolute Gasteiger partial charge is 0.384 e. The van der Waals surface area contributed by atoms with Crippen LogP contribution in [0.5, 0.6) is 0 Å². The van der Waals surface area contributed by atoms with E-state index in [1.807, 2.05) is 0 Å². The first kappa shape index (κ1) is 22.5. The highest BCUT2D eigenvalue weighted by Crippen LogP contribution is 2.32. The van der Waals surface area contributed by atoms with Gasteiger partial charge < -0.3 is 15.5 Å². The van der Waals surface area contributed by atoms with E-state index in [0.717, 1.165) is 55.9 Å². The van der Waals surface area contributed by atoms with Crippen LogP contribution >= 0.6 is 0 Å². The number of halogens is 1. The number of carboxylic acids is 1. The number of aliphatic carboxylic acids is 1. The molecule has 2 saturated carbocycles. The van der Waals surface area contributed by atoms with Gasteiger partial charge in [-0.05, 0) is 37.8 Å². The molecule has 2 aromatic rings. The van der Waals surface area contributed by atoms with Crippen molar-refractivity contribution in [1.82, 2.24) is 9.13 Å². The van der Waals surface area contributed by atoms with Gasteiger partial charge in [0.1, 0.15) is 5.82 Å². The Balaban J connectivity index is 1.81. The molecule has 2 aliphatic rings. The van der Waals surface area contributed by atoms with Crippen LogP contribution in [0.4, 0.5) is 10.1 Å². The summed E-state index contributed by atoms with van der Waals surface area (Å²) in [6, 6.07) is 2.87. The molecule has 1 aromatic heterocycles. The van der Waals surface area contributed by atoms with Gasteiger partial charge in [0.05, 0.1) is 16.6 Å². The number of aromatic nitrogens is 2. The zero-order valence-electron chi connectivity index (χ0n) is 18.1. The fraction of sp³-hybridized carbons (Fsp3) is 0.609. The van der Waals surface area contributed by atoms with Crippen molar-refractivity contribution >= 4 is 22.6 Å². The zero-order chi connectivity index (χ0) is 22.8. The van der Waals surface area contributed by atoms with E-state index in [9.17, 15) is 14.4 Å². The largest absolute Gasteiger partial charge is 0.475 e. The van der Waals surface area contributed by atoms with Crippen molar-refractivity contribution in [2.24, 2.45) is 0 Å². The van der Waals surface area contributed by atoms with E-state index < -0.39 is 29.1 Å². The summed E-state index contributed by atoms with van der Waals surface area (Å²) in [5.41, 5.74) is -0.421. The van der Waals surface area contributed by atoms with E-state index in [1.54, 1.807) is 10.6 Å². The molecular weight excluding hydrogens is 417 g/mol. The van der Waals surface area contributed by atoms with Gasteiger partial charge in [0.2, 0.25) is 0 Å². The predicted molar refractivity (Wildman–Crippen MR) is 120 cm³/mol. The van der Waals surface area contributed by atoms with Crippen LogP contribution < -0.4 is 16.6 Å². The number of carboxylic acid groups (broad SMARTS) is 1. The highest BCUT2D eigenvalue weighted by atomic mass is 19.1. The average Bonchev–Trinajstić information content (AvgIpc) is 3.30. The fourth-order valence-electron chi connectivity index (χ4n) is 5.07. The lowest BCUT2D eigenvalue weighted by Crippen LogP contribution is -2.42. The molecule has 2 fully saturated rings. The molecule has 0 amide bonds. The van der Waals surface area contributed by atoms with Crippen molar-refractivity contribution in [2.75, 3.05) is 5.32 Å². The zero-order valence-corrected chi connectivity index (χ0v) is 18.1. The monoisotopic (exact) mass is 448 g/mol. The molecule has 174 valence electrons. The number of benzene rings is 1. The van der Waals surface area contributed by atoms with E-state index in [-0.39, 0.29) is 30.4 Å². The maximum absolute atomic E-state index is 15.0. The third-order valence-electron chi connectivity index (χ3n) is 6.85. The minimum Gasteiger partial charge on any atom is -0.475 e. The molecular formula is C23H31FN3O5+. The summed E-state index contributed by atoms with van der Waals surface area (Å²) in [6.07, 6.45) is 7.23. The van der Waals surface area contributed by atoms with Gasteiger partial charge in [-0.25, -0.2) is 14.0 Å². The molecule has 4 N–H and O–H groups in total. The van der Waals surface area contributed by atoms with Crippen molar-refractivity contribution in [2.45, 2.75) is 88.9 Å². The second kappa shape index (κ2) is 9.44. The SMILES string of the molecule is O=C(O)C([OH2+])CCn1c(=O)c2cc(F)c(NC3CCCCC3)cc2n(C2CCCC2)c1=O. The van der Waals surface area contributed by atoms with Crippen LogP contribution in [-0.4, -0.2) is 37.5 Å². The van der Waals surface area contributed by atoms with Gasteiger partial charge in [-0.2, -0.15) is 0 Å². The molecule has 0 radical (unpaired) electrons. The lowest BCUT2D eigenvalue weighted by atomic mass is 9.95. The Labute approximate surface area is 184 Å². The van der Waals surface area contributed by atoms with Crippen LogP contribution in [0.1, 0.15) is 70.3 Å². The number of anilines is 1. The molecule has 8 nitrogen and oxygen atoms in total. The molecule has 0 bridgehead atoms. The van der Waals surface area contributed by atoms with Crippen LogP contribution in [0.3, 0.4) is 0 Å². The summed E-state index contributed by atoms with van der Waals surface area (Å²) >= 11 is 0. The third-order valence-corrected chi connectivity index (χ3v) is 6.85. The highest BCUT2D eigenvalue weighted by Gasteiger charge is 2.26. The Kier molecular flexibility index (Phi) is 6.64. The van der Waals surface area contributed by atoms with E-state index in [2.05, 4.69) is 5.32 Å². The molecule has 1 atom stereocenters. The molecule has 9 heteroatoms. The number of nitrogens with one attached hydrogen (secondary N) is 1. The molecule has 0 aliphatic heterocycles. The fourth-order valence-corrected chi connectivity index (χ4v) is 5.07. The maximum Gasteiger partial charge on any atom is 0.384 e. The Morgan fingerprint density at radius 1 is 1.12 bits per heavy atom. The summed E-state index contributed by atoms with van der Waals surface area (Å²) in [7, 11) is 0. The third kappa shape index (κ3) is 4.44. The summed E-state index contributed by atoms with van der Waals surface area (Å²) < 4.78 is 17.6. The van der Waals surface area contributed by atoms with Crippen LogP contribution in [-0.2, 0) is 11.3 Å². The first-order chi connectivity index (χ1) is 15.4. The topological polar surface area (TPSA) is 116 Å². The summed E-state index contributed by atoms with van der Waals surface area (Å²) in [4.78, 5) is 37.5. The molecule has 0 spiro atoms. The molecule has 32 heavy (non-hydrogen) atoms. The van der Waals surface area contributed by atoms with Crippen molar-refractivity contribution in [3.05, 3.63) is 38.8 Å². The number of fused-ring (bicyclic) bond motifs is 1. The number of carbonyl (C=O) groups is 1. The minimum absolute atomic E-state index is 0.0869. The highest BCUT2D eigenvalue weighted by molar-refractivity contribution is 5.82. The number of hydrogen-bond acceptors (Lipinski definition) is 4. The van der Waals surface area contributed by atoms with Gasteiger partial charge in [-0.1, -0.05) is 32.1 Å². The average molecular weight is 449 g/mol. The van der Waals surface area contributed by atoms with Gasteiger partial charge >= 0.3 is 11.7 Å². The van der Waals surface area contributed by atoms with Crippen molar-refractivity contribution in [3.63, 3.8) is 0 Å². The van der Waals surface area contributed by atoms with Crippen LogP contribution in [0.25, 0.3) is 10.9 Å². The van der Waals surface area contributed by atoms with E-state index in [0.29, 0.717) is 11.2 Å². The lowest BCUT2D eigenvalue weighted by Gasteiger charge is -2.25. The number of nitrogens with zero attached hydrogens (tertiary/aromatic N) is 2. The normalized spacial score (nSPS) is 18.8. The first-order valence-electron chi connectivity index (χ1n) is 11.6. The second-order valence-corrected chi connectivity index (χ2v) is 9.06. The first-order valence-corrected chi connectivity index (χ1v) is 11.6. The molecule has 1 heterocycles. The lowest BCUT2D eigenvalue weighted by molar-refractivity contribution is -0.147. The summed E-state index contributed by atoms with van der Waals surface area (Å²) in [6.45, 7) is -0.190. The number of hydrogen-bond donors (Lipinski definition) is 2. The molecule has 4 rings (SSSR count). The van der Waals surface area contributed by atoms with Crippen molar-refractivity contribution in [1.29, 1.82) is 0 Å². The molecule has 1 aromatic carbocycles. The Morgan fingerprint density at radius 2 is 1.78 bits per heavy atom. The van der Waals surface area contributed by atoms with Crippen molar-refractivity contribution in [3.8, 4) is 0 Å². The predicted octanol–water partition coefficient (Wildman–Crippen LogP) is 2.73. The van der Waals surface area contributed by atoms with Gasteiger partial charge in [-0.3, -0.25) is 13.9 Å². The van der Waals surface area contributed by atoms with Crippen LogP contribution in [0, 0.1) is 5.82 Å². The molecule has 1 unspecified atom stereocenters. The van der Waals surface area contributed by atoms with Gasteiger partial charge in [0, 0.05) is 25.0 Å². The molecule has 0 saturated heterocycles. The standard InChI is InChI=1S/C23H30FN3O5/c24-17-12-16-19(13-18(17)25-14-6-2-1-3-7-14)27(15-8-4-5-9-15)23(32)26(21(16)29)11-10-20(28)22(30)31/h12-15,20,25,28H,1-11H2,(H,30,31)/p+1. The Morgan fingerprint density at radius 3 is 2.44 bits per heavy atom. The van der Waals surface area contributed by atoms with Crippen molar-refractivity contribution < 1.29 is 19.4 Å². The Bertz CT molecular complexity index is 1110.